The molecule has 2 heterocycles. The molecule has 5 nitrogen and oxygen atoms in total. The van der Waals surface area contributed by atoms with Gasteiger partial charge >= 0.3 is 0 Å². The molecule has 3 N–H and O–H groups in total. The van der Waals surface area contributed by atoms with Crippen LogP contribution in [0.5, 0.6) is 5.75 Å². The molecule has 2 aromatic heterocycles. The first-order valence-electron chi connectivity index (χ1n) is 11.0. The maximum atomic E-state index is 6.72. The molecule has 0 amide bonds. The average molecular weight is 457 g/mol. The highest BCUT2D eigenvalue weighted by atomic mass is 35.5. The summed E-state index contributed by atoms with van der Waals surface area (Å²) in [4.78, 5) is 4.74. The van der Waals surface area contributed by atoms with Gasteiger partial charge in [0.15, 0.2) is 0 Å². The number of hydrogen-bond donors (Lipinski definition) is 2. The topological polar surface area (TPSA) is 76.8 Å². The Labute approximate surface area is 197 Å². The molecular formula is C27H25ClN4O. The number of fused-ring (bicyclic) bond motifs is 2. The van der Waals surface area contributed by atoms with E-state index in [-0.39, 0.29) is 0 Å². The highest BCUT2D eigenvalue weighted by Crippen LogP contribution is 2.41. The van der Waals surface area contributed by atoms with E-state index in [9.17, 15) is 0 Å². The van der Waals surface area contributed by atoms with Gasteiger partial charge in [0.2, 0.25) is 0 Å². The normalized spacial score (nSPS) is 11.4. The van der Waals surface area contributed by atoms with Crippen LogP contribution in [0.2, 0.25) is 5.02 Å². The van der Waals surface area contributed by atoms with Crippen LogP contribution < -0.4 is 10.5 Å². The monoisotopic (exact) mass is 456 g/mol. The van der Waals surface area contributed by atoms with Crippen LogP contribution in [0.1, 0.15) is 17.5 Å². The van der Waals surface area contributed by atoms with Gasteiger partial charge in [0.25, 0.3) is 0 Å². The average Bonchev–Trinajstić information content (AvgIpc) is 3.26. The second-order valence-electron chi connectivity index (χ2n) is 8.39. The summed E-state index contributed by atoms with van der Waals surface area (Å²) in [6.45, 7) is 5.31. The number of nitrogens with two attached hydrogens (primary N) is 1. The van der Waals surface area contributed by atoms with Crippen molar-refractivity contribution in [2.75, 3.05) is 13.2 Å². The summed E-state index contributed by atoms with van der Waals surface area (Å²) in [7, 11) is 0. The molecule has 0 radical (unpaired) electrons. The fourth-order valence-electron chi connectivity index (χ4n) is 4.27. The van der Waals surface area contributed by atoms with Crippen molar-refractivity contribution < 1.29 is 4.74 Å². The standard InChI is InChI=1S/C27H25ClN4O/c1-16-8-17(2)10-19(9-16)23-15-30-26-13-24(28)21(12-22(26)27(23)33-7-3-6-29)18-4-5-25-20(11-18)14-31-32-25/h4-5,8-15H,3,6-7,29H2,1-2H3,(H,31,32). The van der Waals surface area contributed by atoms with Crippen LogP contribution >= 0.6 is 11.6 Å². The number of rotatable bonds is 6. The van der Waals surface area contributed by atoms with Gasteiger partial charge in [-0.1, -0.05) is 47.0 Å². The van der Waals surface area contributed by atoms with Gasteiger partial charge in [0, 0.05) is 28.1 Å². The Morgan fingerprint density at radius 2 is 1.76 bits per heavy atom. The zero-order valence-corrected chi connectivity index (χ0v) is 19.4. The van der Waals surface area contributed by atoms with Crippen molar-refractivity contribution in [3.63, 3.8) is 0 Å². The third kappa shape index (κ3) is 4.17. The second kappa shape index (κ2) is 8.85. The van der Waals surface area contributed by atoms with Crippen molar-refractivity contribution in [1.29, 1.82) is 0 Å². The first kappa shape index (κ1) is 21.4. The lowest BCUT2D eigenvalue weighted by Crippen LogP contribution is -2.07. The molecule has 0 atom stereocenters. The molecular weight excluding hydrogens is 432 g/mol. The highest BCUT2D eigenvalue weighted by Gasteiger charge is 2.16. The maximum absolute atomic E-state index is 6.72. The van der Waals surface area contributed by atoms with Gasteiger partial charge in [0.05, 0.1) is 28.9 Å². The van der Waals surface area contributed by atoms with Crippen molar-refractivity contribution in [3.05, 3.63) is 77.1 Å². The zero-order chi connectivity index (χ0) is 22.9. The Balaban J connectivity index is 1.73. The van der Waals surface area contributed by atoms with Crippen molar-refractivity contribution in [2.24, 2.45) is 5.73 Å². The van der Waals surface area contributed by atoms with E-state index in [4.69, 9.17) is 27.1 Å². The summed E-state index contributed by atoms with van der Waals surface area (Å²) >= 11 is 6.72. The van der Waals surface area contributed by atoms with Crippen molar-refractivity contribution >= 4 is 33.4 Å². The number of nitrogens with one attached hydrogen (secondary N) is 1. The number of benzene rings is 3. The number of nitrogens with zero attached hydrogens (tertiary/aromatic N) is 2. The van der Waals surface area contributed by atoms with Crippen molar-refractivity contribution in [3.8, 4) is 28.0 Å². The molecule has 0 saturated heterocycles. The van der Waals surface area contributed by atoms with E-state index in [0.29, 0.717) is 18.2 Å². The molecule has 33 heavy (non-hydrogen) atoms. The Bertz CT molecular complexity index is 1450. The summed E-state index contributed by atoms with van der Waals surface area (Å²) in [6.07, 6.45) is 4.46. The molecule has 0 saturated carbocycles. The van der Waals surface area contributed by atoms with Crippen LogP contribution in [0, 0.1) is 13.8 Å². The SMILES string of the molecule is Cc1cc(C)cc(-c2cnc3cc(Cl)c(-c4ccc5[nH]ncc5c4)cc3c2OCCCN)c1. The first-order valence-corrected chi connectivity index (χ1v) is 11.4. The predicted octanol–water partition coefficient (Wildman–Crippen LogP) is 6.44. The molecule has 0 unspecified atom stereocenters. The van der Waals surface area contributed by atoms with Gasteiger partial charge in [-0.25, -0.2) is 0 Å². The predicted molar refractivity (Wildman–Crippen MR) is 136 cm³/mol. The number of aromatic nitrogens is 3. The number of pyridine rings is 1. The summed E-state index contributed by atoms with van der Waals surface area (Å²) in [5.41, 5.74) is 13.9. The smallest absolute Gasteiger partial charge is 0.138 e. The van der Waals surface area contributed by atoms with E-state index < -0.39 is 0 Å². The number of aryl methyl sites for hydroxylation is 2. The lowest BCUT2D eigenvalue weighted by molar-refractivity contribution is 0.318. The lowest BCUT2D eigenvalue weighted by Gasteiger charge is -2.16. The summed E-state index contributed by atoms with van der Waals surface area (Å²) in [5.74, 6) is 0.806. The molecule has 0 spiro atoms. The molecule has 5 aromatic rings. The Morgan fingerprint density at radius 3 is 2.55 bits per heavy atom. The molecule has 6 heteroatoms. The van der Waals surface area contributed by atoms with Gasteiger partial charge in [-0.05, 0) is 62.2 Å². The summed E-state index contributed by atoms with van der Waals surface area (Å²) in [6, 6.07) is 16.6. The number of halogens is 1. The highest BCUT2D eigenvalue weighted by molar-refractivity contribution is 6.34. The molecule has 0 aliphatic heterocycles. The number of hydrogen-bond acceptors (Lipinski definition) is 4. The number of H-pyrrole nitrogens is 1. The van der Waals surface area contributed by atoms with Gasteiger partial charge in [0.1, 0.15) is 5.75 Å². The molecule has 0 bridgehead atoms. The van der Waals surface area contributed by atoms with Crippen LogP contribution in [0.15, 0.2) is 60.9 Å². The van der Waals surface area contributed by atoms with Crippen molar-refractivity contribution in [2.45, 2.75) is 20.3 Å². The maximum Gasteiger partial charge on any atom is 0.138 e. The number of ether oxygens (including phenoxy) is 1. The Kier molecular flexibility index (Phi) is 5.75. The van der Waals surface area contributed by atoms with Crippen LogP contribution in [-0.4, -0.2) is 28.3 Å². The minimum atomic E-state index is 0.534. The van der Waals surface area contributed by atoms with Gasteiger partial charge in [-0.2, -0.15) is 5.10 Å². The van der Waals surface area contributed by atoms with E-state index in [1.165, 1.54) is 11.1 Å². The van der Waals surface area contributed by atoms with Crippen LogP contribution in [0.25, 0.3) is 44.1 Å². The summed E-state index contributed by atoms with van der Waals surface area (Å²) < 4.78 is 6.34. The molecule has 0 aliphatic carbocycles. The minimum absolute atomic E-state index is 0.534. The molecule has 3 aromatic carbocycles. The fourth-order valence-corrected chi connectivity index (χ4v) is 4.54. The summed E-state index contributed by atoms with van der Waals surface area (Å²) in [5, 5.41) is 9.72. The van der Waals surface area contributed by atoms with Gasteiger partial charge in [-0.3, -0.25) is 10.1 Å². The first-order chi connectivity index (χ1) is 16.0. The molecule has 0 aliphatic rings. The quantitative estimate of drug-likeness (QED) is 0.288. The molecule has 0 fully saturated rings. The largest absolute Gasteiger partial charge is 0.492 e. The van der Waals surface area contributed by atoms with E-state index in [1.54, 1.807) is 0 Å². The van der Waals surface area contributed by atoms with E-state index in [0.717, 1.165) is 56.2 Å². The Hall–Kier alpha value is -3.41. The van der Waals surface area contributed by atoms with Gasteiger partial charge in [-0.15, -0.1) is 0 Å². The van der Waals surface area contributed by atoms with Gasteiger partial charge < -0.3 is 10.5 Å². The van der Waals surface area contributed by atoms with E-state index in [2.05, 4.69) is 54.4 Å². The zero-order valence-electron chi connectivity index (χ0n) is 18.7. The Morgan fingerprint density at radius 1 is 0.939 bits per heavy atom. The van der Waals surface area contributed by atoms with E-state index in [1.807, 2.05) is 30.6 Å². The van der Waals surface area contributed by atoms with E-state index >= 15 is 0 Å². The fraction of sp³-hybridized carbons (Fsp3) is 0.185. The number of aromatic amines is 1. The molecule has 166 valence electrons. The van der Waals surface area contributed by atoms with Crippen LogP contribution in [0.3, 0.4) is 0 Å². The second-order valence-corrected chi connectivity index (χ2v) is 8.80. The van der Waals surface area contributed by atoms with Crippen molar-refractivity contribution in [1.82, 2.24) is 15.2 Å². The van der Waals surface area contributed by atoms with Crippen LogP contribution in [-0.2, 0) is 0 Å². The van der Waals surface area contributed by atoms with Crippen LogP contribution in [0.4, 0.5) is 0 Å². The third-order valence-electron chi connectivity index (χ3n) is 5.79. The molecule has 5 rings (SSSR count). The minimum Gasteiger partial charge on any atom is -0.492 e. The third-order valence-corrected chi connectivity index (χ3v) is 6.10. The lowest BCUT2D eigenvalue weighted by atomic mass is 9.97.